The van der Waals surface area contributed by atoms with Crippen LogP contribution in [-0.2, 0) is 13.1 Å². The molecule has 158 valence electrons. The van der Waals surface area contributed by atoms with Crippen LogP contribution in [0, 0.1) is 0 Å². The molecule has 0 aromatic heterocycles. The van der Waals surface area contributed by atoms with Gasteiger partial charge in [0.2, 0.25) is 0 Å². The first-order valence-electron chi connectivity index (χ1n) is 10.2. The molecule has 0 amide bonds. The van der Waals surface area contributed by atoms with E-state index in [-0.39, 0.29) is 30.1 Å². The Labute approximate surface area is 192 Å². The van der Waals surface area contributed by atoms with Crippen molar-refractivity contribution in [2.24, 2.45) is 4.99 Å². The van der Waals surface area contributed by atoms with Crippen LogP contribution in [0.3, 0.4) is 0 Å². The smallest absolute Gasteiger partial charge is 0.195 e. The Hall–Kier alpha value is -1.80. The zero-order chi connectivity index (χ0) is 19.8. The highest BCUT2D eigenvalue weighted by Gasteiger charge is 2.11. The molecular formula is C23H33IN4O. The summed E-state index contributed by atoms with van der Waals surface area (Å²) in [5, 5.41) is 6.69. The van der Waals surface area contributed by atoms with Gasteiger partial charge in [-0.2, -0.15) is 0 Å². The van der Waals surface area contributed by atoms with Crippen LogP contribution in [0.15, 0.2) is 53.5 Å². The summed E-state index contributed by atoms with van der Waals surface area (Å²) < 4.78 is 5.68. The molecule has 0 atom stereocenters. The van der Waals surface area contributed by atoms with Gasteiger partial charge in [0.05, 0.1) is 6.10 Å². The topological polar surface area (TPSA) is 48.9 Å². The maximum atomic E-state index is 5.68. The summed E-state index contributed by atoms with van der Waals surface area (Å²) in [6.07, 6.45) is 2.85. The second kappa shape index (κ2) is 12.0. The maximum Gasteiger partial charge on any atom is 0.195 e. The minimum Gasteiger partial charge on any atom is -0.491 e. The second-order valence-corrected chi connectivity index (χ2v) is 7.54. The Morgan fingerprint density at radius 3 is 2.21 bits per heavy atom. The van der Waals surface area contributed by atoms with Crippen molar-refractivity contribution >= 4 is 35.6 Å². The standard InChI is InChI=1S/C23H32N4O.HI/c1-18(2)28-22-12-10-21(11-13-22)26-23(24-3)25-16-19-6-8-20(9-7-19)17-27-14-4-5-15-27;/h6-13,18H,4-5,14-17H2,1-3H3,(H2,24,25,26);1H. The van der Waals surface area contributed by atoms with E-state index in [1.54, 1.807) is 7.05 Å². The molecule has 2 N–H and O–H groups in total. The molecule has 1 saturated heterocycles. The van der Waals surface area contributed by atoms with Crippen molar-refractivity contribution in [3.63, 3.8) is 0 Å². The molecule has 0 radical (unpaired) electrons. The summed E-state index contributed by atoms with van der Waals surface area (Å²) in [5.74, 6) is 1.62. The average molecular weight is 508 g/mol. The number of halogens is 1. The third-order valence-electron chi connectivity index (χ3n) is 4.80. The largest absolute Gasteiger partial charge is 0.491 e. The van der Waals surface area contributed by atoms with Gasteiger partial charge in [-0.15, -0.1) is 24.0 Å². The highest BCUT2D eigenvalue weighted by molar-refractivity contribution is 14.0. The predicted molar refractivity (Wildman–Crippen MR) is 132 cm³/mol. The molecule has 1 fully saturated rings. The lowest BCUT2D eigenvalue weighted by Crippen LogP contribution is -2.30. The molecule has 2 aromatic rings. The number of hydrogen-bond acceptors (Lipinski definition) is 3. The number of nitrogens with zero attached hydrogens (tertiary/aromatic N) is 2. The lowest BCUT2D eigenvalue weighted by Gasteiger charge is -2.15. The predicted octanol–water partition coefficient (Wildman–Crippen LogP) is 4.88. The number of nitrogens with one attached hydrogen (secondary N) is 2. The van der Waals surface area contributed by atoms with E-state index in [1.807, 2.05) is 38.1 Å². The summed E-state index contributed by atoms with van der Waals surface area (Å²) >= 11 is 0. The third kappa shape index (κ3) is 7.85. The van der Waals surface area contributed by atoms with Crippen molar-refractivity contribution in [2.75, 3.05) is 25.5 Å². The molecule has 29 heavy (non-hydrogen) atoms. The lowest BCUT2D eigenvalue weighted by molar-refractivity contribution is 0.242. The van der Waals surface area contributed by atoms with Gasteiger partial charge in [0, 0.05) is 25.8 Å². The number of ether oxygens (including phenoxy) is 1. The SMILES string of the molecule is CN=C(NCc1ccc(CN2CCCC2)cc1)Nc1ccc(OC(C)C)cc1.I. The Morgan fingerprint density at radius 2 is 1.62 bits per heavy atom. The van der Waals surface area contributed by atoms with Gasteiger partial charge in [-0.3, -0.25) is 9.89 Å². The Balaban J connectivity index is 0.00000300. The molecule has 5 nitrogen and oxygen atoms in total. The van der Waals surface area contributed by atoms with Crippen molar-refractivity contribution in [1.82, 2.24) is 10.2 Å². The van der Waals surface area contributed by atoms with Crippen LogP contribution in [0.4, 0.5) is 5.69 Å². The quantitative estimate of drug-likeness (QED) is 0.318. The summed E-state index contributed by atoms with van der Waals surface area (Å²) in [5.41, 5.74) is 3.61. The molecule has 0 aliphatic carbocycles. The van der Waals surface area contributed by atoms with E-state index in [2.05, 4.69) is 44.8 Å². The number of hydrogen-bond donors (Lipinski definition) is 2. The fourth-order valence-electron chi connectivity index (χ4n) is 3.35. The molecule has 0 spiro atoms. The fourth-order valence-corrected chi connectivity index (χ4v) is 3.35. The van der Waals surface area contributed by atoms with Crippen molar-refractivity contribution in [2.45, 2.75) is 45.9 Å². The van der Waals surface area contributed by atoms with Crippen LogP contribution in [0.25, 0.3) is 0 Å². The average Bonchev–Trinajstić information content (AvgIpc) is 3.20. The van der Waals surface area contributed by atoms with Crippen LogP contribution in [-0.4, -0.2) is 37.1 Å². The zero-order valence-electron chi connectivity index (χ0n) is 17.6. The number of guanidine groups is 1. The third-order valence-corrected chi connectivity index (χ3v) is 4.80. The molecule has 1 heterocycles. The van der Waals surface area contributed by atoms with Gasteiger partial charge in [-0.05, 0) is 75.2 Å². The molecular weight excluding hydrogens is 475 g/mol. The van der Waals surface area contributed by atoms with Crippen LogP contribution in [0.1, 0.15) is 37.8 Å². The minimum absolute atomic E-state index is 0. The number of anilines is 1. The molecule has 0 bridgehead atoms. The highest BCUT2D eigenvalue weighted by atomic mass is 127. The molecule has 2 aromatic carbocycles. The van der Waals surface area contributed by atoms with Crippen molar-refractivity contribution in [3.8, 4) is 5.75 Å². The lowest BCUT2D eigenvalue weighted by atomic mass is 10.1. The van der Waals surface area contributed by atoms with E-state index in [0.717, 1.165) is 30.5 Å². The summed E-state index contributed by atoms with van der Waals surface area (Å²) in [4.78, 5) is 6.84. The number of benzene rings is 2. The van der Waals surface area contributed by atoms with E-state index in [0.29, 0.717) is 0 Å². The van der Waals surface area contributed by atoms with E-state index in [4.69, 9.17) is 4.74 Å². The number of aliphatic imine (C=N–C) groups is 1. The van der Waals surface area contributed by atoms with E-state index in [1.165, 1.54) is 37.1 Å². The van der Waals surface area contributed by atoms with Gasteiger partial charge in [-0.25, -0.2) is 0 Å². The summed E-state index contributed by atoms with van der Waals surface area (Å²) in [6.45, 7) is 8.31. The highest BCUT2D eigenvalue weighted by Crippen LogP contribution is 2.17. The summed E-state index contributed by atoms with van der Waals surface area (Å²) in [6, 6.07) is 16.8. The Kier molecular flexibility index (Phi) is 9.73. The van der Waals surface area contributed by atoms with Gasteiger partial charge in [0.1, 0.15) is 5.75 Å². The van der Waals surface area contributed by atoms with Crippen LogP contribution < -0.4 is 15.4 Å². The summed E-state index contributed by atoms with van der Waals surface area (Å²) in [7, 11) is 1.78. The van der Waals surface area contributed by atoms with E-state index >= 15 is 0 Å². The second-order valence-electron chi connectivity index (χ2n) is 7.54. The molecule has 1 aliphatic rings. The Bertz CT molecular complexity index is 753. The first-order chi connectivity index (χ1) is 13.6. The van der Waals surface area contributed by atoms with Gasteiger partial charge < -0.3 is 15.4 Å². The van der Waals surface area contributed by atoms with Crippen LogP contribution in [0.5, 0.6) is 5.75 Å². The fraction of sp³-hybridized carbons (Fsp3) is 0.435. The van der Waals surface area contributed by atoms with Crippen molar-refractivity contribution in [1.29, 1.82) is 0 Å². The number of likely N-dealkylation sites (tertiary alicyclic amines) is 1. The van der Waals surface area contributed by atoms with E-state index in [9.17, 15) is 0 Å². The molecule has 1 aliphatic heterocycles. The van der Waals surface area contributed by atoms with Gasteiger partial charge >= 0.3 is 0 Å². The zero-order valence-corrected chi connectivity index (χ0v) is 20.0. The molecule has 0 unspecified atom stereocenters. The van der Waals surface area contributed by atoms with E-state index < -0.39 is 0 Å². The van der Waals surface area contributed by atoms with Gasteiger partial charge in [0.25, 0.3) is 0 Å². The van der Waals surface area contributed by atoms with Crippen LogP contribution >= 0.6 is 24.0 Å². The van der Waals surface area contributed by atoms with Crippen molar-refractivity contribution < 1.29 is 4.74 Å². The first kappa shape index (κ1) is 23.5. The monoisotopic (exact) mass is 508 g/mol. The number of rotatable bonds is 7. The molecule has 3 rings (SSSR count). The van der Waals surface area contributed by atoms with Crippen molar-refractivity contribution in [3.05, 3.63) is 59.7 Å². The minimum atomic E-state index is 0. The van der Waals surface area contributed by atoms with Crippen LogP contribution in [0.2, 0.25) is 0 Å². The van der Waals surface area contributed by atoms with Gasteiger partial charge in [-0.1, -0.05) is 24.3 Å². The normalized spacial score (nSPS) is 14.6. The molecule has 6 heteroatoms. The Morgan fingerprint density at radius 1 is 1.00 bits per heavy atom. The van der Waals surface area contributed by atoms with Gasteiger partial charge in [0.15, 0.2) is 5.96 Å². The maximum absolute atomic E-state index is 5.68. The molecule has 0 saturated carbocycles. The first-order valence-corrected chi connectivity index (χ1v) is 10.2.